The Bertz CT molecular complexity index is 368. The fraction of sp³-hybridized carbons (Fsp3) is 0.571. The van der Waals surface area contributed by atoms with Crippen LogP contribution in [-0.2, 0) is 11.3 Å². The number of phenolic OH excluding ortho intramolecular Hbond substituents is 1. The van der Waals surface area contributed by atoms with Crippen LogP contribution in [0.5, 0.6) is 11.5 Å². The highest BCUT2D eigenvalue weighted by molar-refractivity contribution is 5.45. The molecule has 0 aliphatic heterocycles. The van der Waals surface area contributed by atoms with Crippen LogP contribution < -0.4 is 4.74 Å². The summed E-state index contributed by atoms with van der Waals surface area (Å²) in [4.78, 5) is 2.25. The van der Waals surface area contributed by atoms with Gasteiger partial charge in [-0.05, 0) is 19.5 Å². The number of benzene rings is 1. The molecular formula is C14H23NO3. The molecule has 1 aromatic carbocycles. The molecule has 102 valence electrons. The van der Waals surface area contributed by atoms with Gasteiger partial charge in [0.1, 0.15) is 0 Å². The lowest BCUT2D eigenvalue weighted by Gasteiger charge is -2.27. The number of likely N-dealkylation sites (N-methyl/N-ethyl adjacent to an activating group) is 1. The van der Waals surface area contributed by atoms with E-state index in [-0.39, 0.29) is 5.75 Å². The number of nitrogens with zero attached hydrogens (tertiary/aromatic N) is 1. The van der Waals surface area contributed by atoms with Crippen molar-refractivity contribution >= 4 is 0 Å². The molecule has 1 N–H and O–H groups in total. The predicted molar refractivity (Wildman–Crippen MR) is 72.1 cm³/mol. The van der Waals surface area contributed by atoms with Crippen LogP contribution in [0.4, 0.5) is 0 Å². The number of aromatic hydroxyl groups is 1. The van der Waals surface area contributed by atoms with E-state index in [9.17, 15) is 5.11 Å². The van der Waals surface area contributed by atoms with Gasteiger partial charge in [-0.15, -0.1) is 0 Å². The molecule has 1 atom stereocenters. The zero-order valence-electron chi connectivity index (χ0n) is 11.6. The maximum Gasteiger partial charge on any atom is 0.162 e. The van der Waals surface area contributed by atoms with Gasteiger partial charge in [0.15, 0.2) is 11.5 Å². The van der Waals surface area contributed by atoms with E-state index in [1.165, 1.54) is 0 Å². The molecule has 0 aliphatic rings. The van der Waals surface area contributed by atoms with E-state index in [0.29, 0.717) is 24.9 Å². The minimum atomic E-state index is 0.225. The molecular weight excluding hydrogens is 230 g/mol. The average molecular weight is 253 g/mol. The minimum Gasteiger partial charge on any atom is -0.504 e. The van der Waals surface area contributed by atoms with Crippen LogP contribution in [-0.4, -0.2) is 43.4 Å². The summed E-state index contributed by atoms with van der Waals surface area (Å²) in [6.45, 7) is 6.48. The number of methoxy groups -OCH3 is 2. The Balaban J connectivity index is 2.81. The van der Waals surface area contributed by atoms with Crippen LogP contribution in [0.2, 0.25) is 0 Å². The maximum absolute atomic E-state index is 10.1. The van der Waals surface area contributed by atoms with Gasteiger partial charge in [-0.1, -0.05) is 19.1 Å². The van der Waals surface area contributed by atoms with Crippen LogP contribution in [0.1, 0.15) is 19.4 Å². The lowest BCUT2D eigenvalue weighted by atomic mass is 10.1. The van der Waals surface area contributed by atoms with Crippen LogP contribution in [0.25, 0.3) is 0 Å². The number of para-hydroxylation sites is 1. The van der Waals surface area contributed by atoms with Gasteiger partial charge in [-0.3, -0.25) is 4.90 Å². The predicted octanol–water partition coefficient (Wildman–Crippen LogP) is 2.26. The molecule has 1 rings (SSSR count). The SMILES string of the molecule is CCN(Cc1cccc(OC)c1O)C(C)COC. The third kappa shape index (κ3) is 3.62. The highest BCUT2D eigenvalue weighted by Crippen LogP contribution is 2.30. The van der Waals surface area contributed by atoms with Gasteiger partial charge in [-0.2, -0.15) is 0 Å². The van der Waals surface area contributed by atoms with Crippen LogP contribution in [0.15, 0.2) is 18.2 Å². The van der Waals surface area contributed by atoms with Crippen LogP contribution in [0, 0.1) is 0 Å². The highest BCUT2D eigenvalue weighted by atomic mass is 16.5. The quantitative estimate of drug-likeness (QED) is 0.809. The van der Waals surface area contributed by atoms with Crippen molar-refractivity contribution < 1.29 is 14.6 Å². The monoisotopic (exact) mass is 253 g/mol. The molecule has 0 spiro atoms. The lowest BCUT2D eigenvalue weighted by Crippen LogP contribution is -2.35. The van der Waals surface area contributed by atoms with Crippen molar-refractivity contribution in [3.63, 3.8) is 0 Å². The summed E-state index contributed by atoms with van der Waals surface area (Å²) in [7, 11) is 3.26. The smallest absolute Gasteiger partial charge is 0.162 e. The van der Waals surface area contributed by atoms with E-state index < -0.39 is 0 Å². The van der Waals surface area contributed by atoms with Crippen molar-refractivity contribution in [2.75, 3.05) is 27.4 Å². The summed E-state index contributed by atoms with van der Waals surface area (Å²) in [6.07, 6.45) is 0. The number of ether oxygens (including phenoxy) is 2. The second-order valence-corrected chi connectivity index (χ2v) is 4.34. The number of rotatable bonds is 7. The Hall–Kier alpha value is -1.26. The molecule has 1 unspecified atom stereocenters. The minimum absolute atomic E-state index is 0.225. The van der Waals surface area contributed by atoms with E-state index >= 15 is 0 Å². The van der Waals surface area contributed by atoms with Crippen LogP contribution >= 0.6 is 0 Å². The summed E-state index contributed by atoms with van der Waals surface area (Å²) in [5, 5.41) is 10.1. The second kappa shape index (κ2) is 7.24. The molecule has 0 saturated heterocycles. The Kier molecular flexibility index (Phi) is 5.95. The number of phenols is 1. The lowest BCUT2D eigenvalue weighted by molar-refractivity contribution is 0.0976. The van der Waals surface area contributed by atoms with Crippen LogP contribution in [0.3, 0.4) is 0 Å². The normalized spacial score (nSPS) is 12.7. The number of hydrogen-bond donors (Lipinski definition) is 1. The van der Waals surface area contributed by atoms with Crippen molar-refractivity contribution in [1.29, 1.82) is 0 Å². The fourth-order valence-corrected chi connectivity index (χ4v) is 2.00. The van der Waals surface area contributed by atoms with Gasteiger partial charge >= 0.3 is 0 Å². The van der Waals surface area contributed by atoms with E-state index in [1.807, 2.05) is 12.1 Å². The van der Waals surface area contributed by atoms with Crippen molar-refractivity contribution in [3.8, 4) is 11.5 Å². The fourth-order valence-electron chi connectivity index (χ4n) is 2.00. The molecule has 0 heterocycles. The van der Waals surface area contributed by atoms with Crippen molar-refractivity contribution in [3.05, 3.63) is 23.8 Å². The number of hydrogen-bond acceptors (Lipinski definition) is 4. The molecule has 0 amide bonds. The average Bonchev–Trinajstić information content (AvgIpc) is 2.37. The third-order valence-corrected chi connectivity index (χ3v) is 3.11. The Labute approximate surface area is 109 Å². The third-order valence-electron chi connectivity index (χ3n) is 3.11. The topological polar surface area (TPSA) is 41.9 Å². The zero-order valence-corrected chi connectivity index (χ0v) is 11.6. The molecule has 0 radical (unpaired) electrons. The first-order valence-corrected chi connectivity index (χ1v) is 6.21. The molecule has 0 bridgehead atoms. The molecule has 4 nitrogen and oxygen atoms in total. The van der Waals surface area contributed by atoms with E-state index in [2.05, 4.69) is 18.7 Å². The summed E-state index contributed by atoms with van der Waals surface area (Å²) < 4.78 is 10.3. The van der Waals surface area contributed by atoms with Gasteiger partial charge in [0.05, 0.1) is 13.7 Å². The summed E-state index contributed by atoms with van der Waals surface area (Å²) >= 11 is 0. The molecule has 0 aliphatic carbocycles. The van der Waals surface area contributed by atoms with Gasteiger partial charge in [0.2, 0.25) is 0 Å². The largest absolute Gasteiger partial charge is 0.504 e. The summed E-state index contributed by atoms with van der Waals surface area (Å²) in [6, 6.07) is 5.88. The van der Waals surface area contributed by atoms with E-state index in [4.69, 9.17) is 9.47 Å². The Morgan fingerprint density at radius 2 is 2.06 bits per heavy atom. The highest BCUT2D eigenvalue weighted by Gasteiger charge is 2.15. The van der Waals surface area contributed by atoms with Gasteiger partial charge in [0.25, 0.3) is 0 Å². The molecule has 0 saturated carbocycles. The first kappa shape index (κ1) is 14.8. The van der Waals surface area contributed by atoms with E-state index in [1.54, 1.807) is 20.3 Å². The zero-order chi connectivity index (χ0) is 13.5. The van der Waals surface area contributed by atoms with Gasteiger partial charge in [-0.25, -0.2) is 0 Å². The Morgan fingerprint density at radius 1 is 1.33 bits per heavy atom. The standard InChI is InChI=1S/C14H23NO3/c1-5-15(11(2)10-17-3)9-12-7-6-8-13(18-4)14(12)16/h6-8,11,16H,5,9-10H2,1-4H3. The second-order valence-electron chi connectivity index (χ2n) is 4.34. The molecule has 1 aromatic rings. The Morgan fingerprint density at radius 3 is 2.61 bits per heavy atom. The summed E-state index contributed by atoms with van der Waals surface area (Å²) in [5.41, 5.74) is 0.874. The van der Waals surface area contributed by atoms with Crippen molar-refractivity contribution in [2.24, 2.45) is 0 Å². The summed E-state index contributed by atoms with van der Waals surface area (Å²) in [5.74, 6) is 0.742. The van der Waals surface area contributed by atoms with Gasteiger partial charge in [0, 0.05) is 25.3 Å². The van der Waals surface area contributed by atoms with Crippen molar-refractivity contribution in [1.82, 2.24) is 4.90 Å². The first-order chi connectivity index (χ1) is 8.63. The maximum atomic E-state index is 10.1. The molecule has 0 aromatic heterocycles. The first-order valence-electron chi connectivity index (χ1n) is 6.21. The van der Waals surface area contributed by atoms with E-state index in [0.717, 1.165) is 12.1 Å². The van der Waals surface area contributed by atoms with Crippen molar-refractivity contribution in [2.45, 2.75) is 26.4 Å². The van der Waals surface area contributed by atoms with Gasteiger partial charge < -0.3 is 14.6 Å². The molecule has 18 heavy (non-hydrogen) atoms. The molecule has 0 fully saturated rings. The molecule has 4 heteroatoms.